The molecule has 1 fully saturated rings. The van der Waals surface area contributed by atoms with E-state index in [2.05, 4.69) is 47.6 Å². The van der Waals surface area contributed by atoms with Gasteiger partial charge in [-0.3, -0.25) is 0 Å². The van der Waals surface area contributed by atoms with Crippen molar-refractivity contribution in [2.24, 2.45) is 0 Å². The summed E-state index contributed by atoms with van der Waals surface area (Å²) in [5, 5.41) is 3.52. The molecule has 2 heteroatoms. The lowest BCUT2D eigenvalue weighted by Gasteiger charge is -2.23. The van der Waals surface area contributed by atoms with Crippen LogP contribution in [0.4, 0.5) is 5.69 Å². The van der Waals surface area contributed by atoms with Crippen LogP contribution in [-0.4, -0.2) is 26.2 Å². The van der Waals surface area contributed by atoms with Crippen molar-refractivity contribution in [2.75, 3.05) is 25.0 Å². The number of rotatable bonds is 3. The quantitative estimate of drug-likeness (QED) is 0.783. The zero-order valence-electron chi connectivity index (χ0n) is 8.74. The highest BCUT2D eigenvalue weighted by Gasteiger charge is 2.15. The molecule has 1 N–H and O–H groups in total. The van der Waals surface area contributed by atoms with Crippen LogP contribution in [0, 0.1) is 0 Å². The van der Waals surface area contributed by atoms with Gasteiger partial charge in [0.25, 0.3) is 0 Å². The number of para-hydroxylation sites is 1. The second kappa shape index (κ2) is 4.47. The first-order valence-corrected chi connectivity index (χ1v) is 5.36. The smallest absolute Gasteiger partial charge is 0.0364 e. The Morgan fingerprint density at radius 3 is 2.79 bits per heavy atom. The normalized spacial score (nSPS) is 21.1. The molecule has 0 amide bonds. The number of likely N-dealkylation sites (N-methyl/N-ethyl adjacent to an activating group) is 1. The first-order chi connectivity index (χ1) is 6.86. The van der Waals surface area contributed by atoms with E-state index >= 15 is 0 Å². The number of anilines is 1. The topological polar surface area (TPSA) is 15.3 Å². The average Bonchev–Trinajstić information content (AvgIpc) is 2.72. The molecule has 1 aromatic carbocycles. The summed E-state index contributed by atoms with van der Waals surface area (Å²) in [6.45, 7) is 2.30. The Hall–Kier alpha value is -1.02. The molecule has 0 bridgehead atoms. The summed E-state index contributed by atoms with van der Waals surface area (Å²) in [5.41, 5.74) is 1.31. The number of nitrogens with one attached hydrogen (secondary N) is 1. The molecule has 1 aliphatic rings. The van der Waals surface area contributed by atoms with E-state index in [0.29, 0.717) is 6.04 Å². The SMILES string of the molecule is CN(CC1CCCN1)c1ccccc1. The fraction of sp³-hybridized carbons (Fsp3) is 0.500. The van der Waals surface area contributed by atoms with E-state index in [1.807, 2.05) is 0 Å². The van der Waals surface area contributed by atoms with Crippen molar-refractivity contribution in [3.05, 3.63) is 30.3 Å². The van der Waals surface area contributed by atoms with E-state index in [4.69, 9.17) is 0 Å². The highest BCUT2D eigenvalue weighted by molar-refractivity contribution is 5.45. The van der Waals surface area contributed by atoms with Crippen LogP contribution in [0.5, 0.6) is 0 Å². The lowest BCUT2D eigenvalue weighted by atomic mass is 10.2. The molecule has 1 aliphatic heterocycles. The van der Waals surface area contributed by atoms with Crippen LogP contribution in [-0.2, 0) is 0 Å². The Bertz CT molecular complexity index is 265. The summed E-state index contributed by atoms with van der Waals surface area (Å²) in [5.74, 6) is 0. The molecule has 0 aliphatic carbocycles. The maximum Gasteiger partial charge on any atom is 0.0364 e. The lowest BCUT2D eigenvalue weighted by molar-refractivity contribution is 0.600. The Balaban J connectivity index is 1.92. The van der Waals surface area contributed by atoms with E-state index in [-0.39, 0.29) is 0 Å². The predicted molar refractivity (Wildman–Crippen MR) is 60.7 cm³/mol. The van der Waals surface area contributed by atoms with Gasteiger partial charge in [-0.15, -0.1) is 0 Å². The van der Waals surface area contributed by atoms with E-state index in [1.54, 1.807) is 0 Å². The molecule has 1 atom stereocenters. The second-order valence-electron chi connectivity index (χ2n) is 4.01. The summed E-state index contributed by atoms with van der Waals surface area (Å²) < 4.78 is 0. The fourth-order valence-electron chi connectivity index (χ4n) is 2.03. The van der Waals surface area contributed by atoms with Gasteiger partial charge in [0.1, 0.15) is 0 Å². The third-order valence-electron chi connectivity index (χ3n) is 2.85. The van der Waals surface area contributed by atoms with E-state index in [0.717, 1.165) is 6.54 Å². The summed E-state index contributed by atoms with van der Waals surface area (Å²) >= 11 is 0. The van der Waals surface area contributed by atoms with E-state index < -0.39 is 0 Å². The third kappa shape index (κ3) is 2.26. The van der Waals surface area contributed by atoms with Gasteiger partial charge in [-0.2, -0.15) is 0 Å². The monoisotopic (exact) mass is 190 g/mol. The zero-order valence-corrected chi connectivity index (χ0v) is 8.74. The molecular formula is C12H18N2. The van der Waals surface area contributed by atoms with Crippen LogP contribution in [0.15, 0.2) is 30.3 Å². The van der Waals surface area contributed by atoms with Gasteiger partial charge in [0, 0.05) is 25.3 Å². The second-order valence-corrected chi connectivity index (χ2v) is 4.01. The largest absolute Gasteiger partial charge is 0.373 e. The summed E-state index contributed by atoms with van der Waals surface area (Å²) in [7, 11) is 2.16. The van der Waals surface area contributed by atoms with Gasteiger partial charge in [-0.1, -0.05) is 18.2 Å². The molecule has 0 spiro atoms. The minimum Gasteiger partial charge on any atom is -0.373 e. The average molecular weight is 190 g/mol. The number of hydrogen-bond donors (Lipinski definition) is 1. The third-order valence-corrected chi connectivity index (χ3v) is 2.85. The maximum atomic E-state index is 3.52. The number of hydrogen-bond acceptors (Lipinski definition) is 2. The van der Waals surface area contributed by atoms with Gasteiger partial charge in [0.2, 0.25) is 0 Å². The maximum absolute atomic E-state index is 3.52. The minimum atomic E-state index is 0.681. The van der Waals surface area contributed by atoms with Crippen LogP contribution in [0.2, 0.25) is 0 Å². The molecule has 0 radical (unpaired) electrons. The van der Waals surface area contributed by atoms with Gasteiger partial charge in [-0.25, -0.2) is 0 Å². The number of nitrogens with zero attached hydrogens (tertiary/aromatic N) is 1. The van der Waals surface area contributed by atoms with Crippen LogP contribution in [0.3, 0.4) is 0 Å². The fourth-order valence-corrected chi connectivity index (χ4v) is 2.03. The Morgan fingerprint density at radius 1 is 1.36 bits per heavy atom. The standard InChI is InChI=1S/C12H18N2/c1-14(10-11-6-5-9-13-11)12-7-3-2-4-8-12/h2-4,7-8,11,13H,5-6,9-10H2,1H3. The molecule has 2 nitrogen and oxygen atoms in total. The van der Waals surface area contributed by atoms with Gasteiger partial charge in [0.05, 0.1) is 0 Å². The van der Waals surface area contributed by atoms with E-state index in [9.17, 15) is 0 Å². The molecule has 76 valence electrons. The van der Waals surface area contributed by atoms with Crippen LogP contribution in [0.1, 0.15) is 12.8 Å². The summed E-state index contributed by atoms with van der Waals surface area (Å²) in [4.78, 5) is 2.32. The first-order valence-electron chi connectivity index (χ1n) is 5.36. The molecule has 1 heterocycles. The van der Waals surface area contributed by atoms with Gasteiger partial charge in [-0.05, 0) is 31.5 Å². The molecule has 1 aromatic rings. The zero-order chi connectivity index (χ0) is 9.80. The van der Waals surface area contributed by atoms with Crippen molar-refractivity contribution >= 4 is 5.69 Å². The molecule has 0 saturated carbocycles. The number of benzene rings is 1. The first kappa shape index (κ1) is 9.53. The minimum absolute atomic E-state index is 0.681. The molecule has 1 unspecified atom stereocenters. The lowest BCUT2D eigenvalue weighted by Crippen LogP contribution is -2.35. The summed E-state index contributed by atoms with van der Waals surface area (Å²) in [6.07, 6.45) is 2.64. The van der Waals surface area contributed by atoms with Gasteiger partial charge in [0.15, 0.2) is 0 Å². The van der Waals surface area contributed by atoms with E-state index in [1.165, 1.54) is 25.1 Å². The van der Waals surface area contributed by atoms with Crippen molar-refractivity contribution in [1.82, 2.24) is 5.32 Å². The molecule has 14 heavy (non-hydrogen) atoms. The predicted octanol–water partition coefficient (Wildman–Crippen LogP) is 1.87. The molecule has 2 rings (SSSR count). The van der Waals surface area contributed by atoms with Crippen molar-refractivity contribution in [3.63, 3.8) is 0 Å². The van der Waals surface area contributed by atoms with Crippen LogP contribution >= 0.6 is 0 Å². The Kier molecular flexibility index (Phi) is 3.04. The van der Waals surface area contributed by atoms with Gasteiger partial charge >= 0.3 is 0 Å². The Labute approximate surface area is 85.9 Å². The Morgan fingerprint density at radius 2 is 2.14 bits per heavy atom. The summed E-state index contributed by atoms with van der Waals surface area (Å²) in [6, 6.07) is 11.2. The molecule has 1 saturated heterocycles. The van der Waals surface area contributed by atoms with Crippen LogP contribution in [0.25, 0.3) is 0 Å². The highest BCUT2D eigenvalue weighted by Crippen LogP contribution is 2.13. The van der Waals surface area contributed by atoms with Crippen molar-refractivity contribution in [1.29, 1.82) is 0 Å². The van der Waals surface area contributed by atoms with Crippen molar-refractivity contribution in [3.8, 4) is 0 Å². The van der Waals surface area contributed by atoms with Crippen molar-refractivity contribution in [2.45, 2.75) is 18.9 Å². The van der Waals surface area contributed by atoms with Crippen LogP contribution < -0.4 is 10.2 Å². The molecular weight excluding hydrogens is 172 g/mol. The van der Waals surface area contributed by atoms with Gasteiger partial charge < -0.3 is 10.2 Å². The molecule has 0 aromatic heterocycles. The van der Waals surface area contributed by atoms with Crippen molar-refractivity contribution < 1.29 is 0 Å². The highest BCUT2D eigenvalue weighted by atomic mass is 15.1.